The first kappa shape index (κ1) is 24.9. The van der Waals surface area contributed by atoms with Gasteiger partial charge in [0.2, 0.25) is 5.91 Å². The molecule has 1 N–H and O–H groups in total. The van der Waals surface area contributed by atoms with Gasteiger partial charge in [0.1, 0.15) is 28.7 Å². The topological polar surface area (TPSA) is 94.8 Å². The summed E-state index contributed by atoms with van der Waals surface area (Å²) in [6, 6.07) is 9.07. The minimum atomic E-state index is -1.18. The van der Waals surface area contributed by atoms with Crippen LogP contribution in [0, 0.1) is 6.92 Å². The molecule has 3 heterocycles. The van der Waals surface area contributed by atoms with E-state index < -0.39 is 8.07 Å². The molecule has 4 aromatic rings. The molecular weight excluding hydrogens is 476 g/mol. The molecule has 4 rings (SSSR count). The Morgan fingerprint density at radius 3 is 2.80 bits per heavy atom. The molecule has 182 valence electrons. The first-order valence-corrected chi connectivity index (χ1v) is 16.0. The summed E-state index contributed by atoms with van der Waals surface area (Å²) in [5, 5.41) is 14.1. The van der Waals surface area contributed by atoms with Gasteiger partial charge in [-0.25, -0.2) is 9.97 Å². The van der Waals surface area contributed by atoms with Crippen LogP contribution in [-0.4, -0.2) is 45.3 Å². The fourth-order valence-electron chi connectivity index (χ4n) is 3.64. The molecule has 0 fully saturated rings. The predicted octanol–water partition coefficient (Wildman–Crippen LogP) is 5.04. The second-order valence-corrected chi connectivity index (χ2v) is 16.3. The highest BCUT2D eigenvalue weighted by Crippen LogP contribution is 2.37. The molecule has 0 aliphatic rings. The van der Waals surface area contributed by atoms with E-state index in [4.69, 9.17) is 4.74 Å². The lowest BCUT2D eigenvalue weighted by molar-refractivity contribution is -0.116. The number of hydrogen-bond acceptors (Lipinski definition) is 7. The average molecular weight is 507 g/mol. The number of nitrogens with one attached hydrogen (secondary N) is 1. The smallest absolute Gasteiger partial charge is 0.243 e. The minimum absolute atomic E-state index is 0.208. The van der Waals surface area contributed by atoms with Crippen LogP contribution in [0.4, 0.5) is 0 Å². The van der Waals surface area contributed by atoms with Crippen LogP contribution in [0.15, 0.2) is 49.4 Å². The molecule has 0 atom stereocenters. The molecular formula is C25H30N6O2SSi. The van der Waals surface area contributed by atoms with Gasteiger partial charge in [-0.05, 0) is 30.7 Å². The highest BCUT2D eigenvalue weighted by Gasteiger charge is 2.20. The zero-order chi connectivity index (χ0) is 25.0. The van der Waals surface area contributed by atoms with Crippen molar-refractivity contribution in [1.29, 1.82) is 0 Å². The van der Waals surface area contributed by atoms with Gasteiger partial charge in [-0.1, -0.05) is 55.8 Å². The van der Waals surface area contributed by atoms with E-state index in [1.54, 1.807) is 6.33 Å². The largest absolute Gasteiger partial charge is 0.361 e. The molecule has 0 saturated heterocycles. The van der Waals surface area contributed by atoms with Crippen LogP contribution in [0.3, 0.4) is 0 Å². The van der Waals surface area contributed by atoms with Crippen LogP contribution >= 0.6 is 11.3 Å². The van der Waals surface area contributed by atoms with Gasteiger partial charge in [-0.3, -0.25) is 4.79 Å². The van der Waals surface area contributed by atoms with Crippen LogP contribution in [0.25, 0.3) is 32.9 Å². The molecule has 10 heteroatoms. The van der Waals surface area contributed by atoms with Crippen molar-refractivity contribution in [1.82, 2.24) is 30.0 Å². The van der Waals surface area contributed by atoms with Gasteiger partial charge in [0.05, 0.1) is 11.1 Å². The van der Waals surface area contributed by atoms with Crippen molar-refractivity contribution < 1.29 is 9.53 Å². The van der Waals surface area contributed by atoms with E-state index >= 15 is 0 Å². The molecule has 8 nitrogen and oxygen atoms in total. The highest BCUT2D eigenvalue weighted by atomic mass is 32.1. The van der Waals surface area contributed by atoms with Crippen molar-refractivity contribution in [2.75, 3.05) is 6.61 Å². The number of nitrogens with zero attached hydrogens (tertiary/aromatic N) is 5. The summed E-state index contributed by atoms with van der Waals surface area (Å²) >= 11 is 1.54. The monoisotopic (exact) mass is 506 g/mol. The Morgan fingerprint density at radius 1 is 1.26 bits per heavy atom. The highest BCUT2D eigenvalue weighted by molar-refractivity contribution is 7.14. The van der Waals surface area contributed by atoms with Gasteiger partial charge < -0.3 is 14.6 Å². The summed E-state index contributed by atoms with van der Waals surface area (Å²) in [6.45, 7) is 14.0. The fraction of sp³-hybridized carbons (Fsp3) is 0.320. The Bertz CT molecular complexity index is 1360. The standard InChI is InChI=1S/C25H30N6O2SSi/c1-6-21(32)26-13-18-8-7-9-19(12-18)23-22-20(25-30-29-17(2)34-25)14-31(24(22)28-15-27-23)16-33-10-11-35(3,4)5/h6-9,12,14-15H,1,10-11,13,16H2,2-5H3,(H,26,32). The molecule has 0 spiro atoms. The average Bonchev–Trinajstić information content (AvgIpc) is 3.43. The predicted molar refractivity (Wildman–Crippen MR) is 143 cm³/mol. The number of fused-ring (bicyclic) bond motifs is 1. The van der Waals surface area contributed by atoms with Gasteiger partial charge in [0.15, 0.2) is 0 Å². The number of aryl methyl sites for hydroxylation is 1. The first-order valence-electron chi connectivity index (χ1n) is 11.5. The van der Waals surface area contributed by atoms with Crippen molar-refractivity contribution in [3.8, 4) is 21.8 Å². The number of benzene rings is 1. The summed E-state index contributed by atoms with van der Waals surface area (Å²) in [4.78, 5) is 20.9. The molecule has 1 aromatic carbocycles. The molecule has 1 amide bonds. The SMILES string of the molecule is C=CC(=O)NCc1cccc(-c2ncnc3c2c(-c2nnc(C)s2)cn3COCC[Si](C)(C)C)c1. The first-order chi connectivity index (χ1) is 16.7. The third-order valence-corrected chi connectivity index (χ3v) is 8.07. The molecule has 0 radical (unpaired) electrons. The van der Waals surface area contributed by atoms with Gasteiger partial charge in [0.25, 0.3) is 0 Å². The number of rotatable bonds is 10. The number of hydrogen-bond donors (Lipinski definition) is 1. The Labute approximate surface area is 210 Å². The summed E-state index contributed by atoms with van der Waals surface area (Å²) in [7, 11) is -1.18. The van der Waals surface area contributed by atoms with E-state index in [2.05, 4.69) is 51.7 Å². The third kappa shape index (κ3) is 6.08. The number of carbonyl (C=O) groups excluding carboxylic acids is 1. The number of aromatic nitrogens is 5. The molecule has 0 saturated carbocycles. The van der Waals surface area contributed by atoms with Crippen LogP contribution in [0.5, 0.6) is 0 Å². The Balaban J connectivity index is 1.74. The Hall–Kier alpha value is -3.21. The Kier molecular flexibility index (Phi) is 7.53. The van der Waals surface area contributed by atoms with Gasteiger partial charge in [0, 0.05) is 38.5 Å². The second-order valence-electron chi connectivity index (χ2n) is 9.53. The van der Waals surface area contributed by atoms with E-state index in [1.807, 2.05) is 42.0 Å². The lowest BCUT2D eigenvalue weighted by atomic mass is 10.0. The van der Waals surface area contributed by atoms with E-state index in [9.17, 15) is 4.79 Å². The van der Waals surface area contributed by atoms with E-state index in [1.165, 1.54) is 17.4 Å². The molecule has 0 bridgehead atoms. The van der Waals surface area contributed by atoms with Crippen molar-refractivity contribution >= 4 is 36.4 Å². The third-order valence-electron chi connectivity index (χ3n) is 5.49. The van der Waals surface area contributed by atoms with E-state index in [-0.39, 0.29) is 5.91 Å². The maximum absolute atomic E-state index is 11.6. The fourth-order valence-corrected chi connectivity index (χ4v) is 5.10. The van der Waals surface area contributed by atoms with Crippen molar-refractivity contribution in [3.05, 3.63) is 60.0 Å². The lowest BCUT2D eigenvalue weighted by Gasteiger charge is -2.15. The van der Waals surface area contributed by atoms with E-state index in [0.29, 0.717) is 13.3 Å². The lowest BCUT2D eigenvalue weighted by Crippen LogP contribution is -2.22. The maximum Gasteiger partial charge on any atom is 0.243 e. The number of carbonyl (C=O) groups is 1. The molecule has 3 aromatic heterocycles. The zero-order valence-electron chi connectivity index (χ0n) is 20.5. The van der Waals surface area contributed by atoms with Gasteiger partial charge in [-0.15, -0.1) is 10.2 Å². The summed E-state index contributed by atoms with van der Waals surface area (Å²) in [5.74, 6) is -0.208. The summed E-state index contributed by atoms with van der Waals surface area (Å²) < 4.78 is 8.06. The number of amides is 1. The number of ether oxygens (including phenoxy) is 1. The van der Waals surface area contributed by atoms with Crippen LogP contribution in [0.1, 0.15) is 10.6 Å². The zero-order valence-corrected chi connectivity index (χ0v) is 22.4. The van der Waals surface area contributed by atoms with Crippen LogP contribution in [0.2, 0.25) is 25.7 Å². The van der Waals surface area contributed by atoms with Crippen molar-refractivity contribution in [2.24, 2.45) is 0 Å². The summed E-state index contributed by atoms with van der Waals surface area (Å²) in [6.07, 6.45) is 4.88. The molecule has 0 aliphatic heterocycles. The van der Waals surface area contributed by atoms with Gasteiger partial charge >= 0.3 is 0 Å². The molecule has 35 heavy (non-hydrogen) atoms. The summed E-state index contributed by atoms with van der Waals surface area (Å²) in [5.41, 5.74) is 4.42. The normalized spacial score (nSPS) is 11.7. The second kappa shape index (κ2) is 10.6. The molecule has 0 unspecified atom stereocenters. The minimum Gasteiger partial charge on any atom is -0.361 e. The van der Waals surface area contributed by atoms with Crippen LogP contribution < -0.4 is 5.32 Å². The molecule has 0 aliphatic carbocycles. The maximum atomic E-state index is 11.6. The quantitative estimate of drug-likeness (QED) is 0.184. The Morgan fingerprint density at radius 2 is 2.09 bits per heavy atom. The van der Waals surface area contributed by atoms with E-state index in [0.717, 1.165) is 56.1 Å². The van der Waals surface area contributed by atoms with Gasteiger partial charge in [-0.2, -0.15) is 0 Å². The van der Waals surface area contributed by atoms with Crippen molar-refractivity contribution in [3.63, 3.8) is 0 Å². The van der Waals surface area contributed by atoms with Crippen molar-refractivity contribution in [2.45, 2.75) is 45.9 Å². The van der Waals surface area contributed by atoms with Crippen LogP contribution in [-0.2, 0) is 22.8 Å².